The van der Waals surface area contributed by atoms with Crippen molar-refractivity contribution in [2.45, 2.75) is 52.4 Å². The van der Waals surface area contributed by atoms with Gasteiger partial charge in [-0.3, -0.25) is 9.58 Å². The molecule has 1 aliphatic rings. The second-order valence-corrected chi connectivity index (χ2v) is 5.37. The predicted molar refractivity (Wildman–Crippen MR) is 78.8 cm³/mol. The average Bonchev–Trinajstić information content (AvgIpc) is 2.89. The molecule has 1 aromatic rings. The molecule has 1 aromatic heterocycles. The van der Waals surface area contributed by atoms with Crippen LogP contribution in [0, 0.1) is 0 Å². The van der Waals surface area contributed by atoms with Gasteiger partial charge >= 0.3 is 0 Å². The molecule has 5 heteroatoms. The van der Waals surface area contributed by atoms with Gasteiger partial charge in [0.15, 0.2) is 0 Å². The lowest BCUT2D eigenvalue weighted by Crippen LogP contribution is -2.48. The van der Waals surface area contributed by atoms with E-state index in [-0.39, 0.29) is 6.10 Å². The maximum absolute atomic E-state index is 10.4. The Morgan fingerprint density at radius 2 is 2.20 bits per heavy atom. The van der Waals surface area contributed by atoms with Gasteiger partial charge in [0.2, 0.25) is 0 Å². The van der Waals surface area contributed by atoms with Crippen molar-refractivity contribution in [3.05, 3.63) is 17.5 Å². The molecule has 0 saturated carbocycles. The molecule has 1 aliphatic heterocycles. The van der Waals surface area contributed by atoms with Gasteiger partial charge in [0.1, 0.15) is 0 Å². The van der Waals surface area contributed by atoms with E-state index in [2.05, 4.69) is 36.8 Å². The highest BCUT2D eigenvalue weighted by molar-refractivity contribution is 5.12. The number of aliphatic hydroxyl groups excluding tert-OH is 1. The van der Waals surface area contributed by atoms with Crippen molar-refractivity contribution in [2.24, 2.45) is 0 Å². The van der Waals surface area contributed by atoms with E-state index in [1.165, 1.54) is 0 Å². The normalized spacial score (nSPS) is 22.1. The van der Waals surface area contributed by atoms with Crippen LogP contribution < -0.4 is 0 Å². The molecule has 0 amide bonds. The molecule has 0 aromatic carbocycles. The molecule has 0 aliphatic carbocycles. The Bertz CT molecular complexity index is 419. The number of morpholine rings is 1. The van der Waals surface area contributed by atoms with Crippen LogP contribution in [0.2, 0.25) is 0 Å². The smallest absolute Gasteiger partial charge is 0.0964 e. The van der Waals surface area contributed by atoms with E-state index in [1.807, 2.05) is 4.68 Å². The van der Waals surface area contributed by atoms with Crippen LogP contribution in [0.25, 0.3) is 0 Å². The van der Waals surface area contributed by atoms with Crippen molar-refractivity contribution in [2.75, 3.05) is 26.2 Å². The van der Waals surface area contributed by atoms with Crippen LogP contribution in [0.4, 0.5) is 0 Å². The first-order valence-corrected chi connectivity index (χ1v) is 7.75. The van der Waals surface area contributed by atoms with Crippen LogP contribution in [0.15, 0.2) is 6.07 Å². The third kappa shape index (κ3) is 3.59. The number of hydrogen-bond donors (Lipinski definition) is 1. The summed E-state index contributed by atoms with van der Waals surface area (Å²) in [7, 11) is 0. The van der Waals surface area contributed by atoms with Gasteiger partial charge in [-0.1, -0.05) is 13.8 Å². The summed E-state index contributed by atoms with van der Waals surface area (Å²) in [6.45, 7) is 10.7. The van der Waals surface area contributed by atoms with Crippen LogP contribution in [0.5, 0.6) is 0 Å². The van der Waals surface area contributed by atoms with Gasteiger partial charge in [-0.2, -0.15) is 5.10 Å². The van der Waals surface area contributed by atoms with E-state index in [1.54, 1.807) is 0 Å². The van der Waals surface area contributed by atoms with Crippen molar-refractivity contribution < 1.29 is 9.84 Å². The fourth-order valence-electron chi connectivity index (χ4n) is 2.72. The molecule has 0 radical (unpaired) electrons. The first kappa shape index (κ1) is 15.5. The maximum Gasteiger partial charge on any atom is 0.0964 e. The first-order chi connectivity index (χ1) is 9.67. The van der Waals surface area contributed by atoms with Crippen molar-refractivity contribution in [1.29, 1.82) is 0 Å². The second-order valence-electron chi connectivity index (χ2n) is 5.37. The third-order valence-corrected chi connectivity index (χ3v) is 4.05. The molecule has 0 spiro atoms. The van der Waals surface area contributed by atoms with Crippen LogP contribution in [0.3, 0.4) is 0 Å². The zero-order valence-corrected chi connectivity index (χ0v) is 12.9. The SMILES string of the molecule is CCc1cc(CC(O)C2CN(CC)CCO2)n(CC)n1. The Morgan fingerprint density at radius 1 is 1.40 bits per heavy atom. The molecule has 20 heavy (non-hydrogen) atoms. The Balaban J connectivity index is 1.99. The second kappa shape index (κ2) is 7.20. The van der Waals surface area contributed by atoms with Crippen LogP contribution >= 0.6 is 0 Å². The van der Waals surface area contributed by atoms with E-state index in [4.69, 9.17) is 4.74 Å². The minimum Gasteiger partial charge on any atom is -0.390 e. The lowest BCUT2D eigenvalue weighted by atomic mass is 10.1. The van der Waals surface area contributed by atoms with E-state index >= 15 is 0 Å². The molecule has 0 bridgehead atoms. The fourth-order valence-corrected chi connectivity index (χ4v) is 2.72. The number of likely N-dealkylation sites (N-methyl/N-ethyl adjacent to an activating group) is 1. The minimum absolute atomic E-state index is 0.0889. The number of aromatic nitrogens is 2. The number of hydrogen-bond acceptors (Lipinski definition) is 4. The fraction of sp³-hybridized carbons (Fsp3) is 0.800. The number of ether oxygens (including phenoxy) is 1. The van der Waals surface area contributed by atoms with E-state index in [0.29, 0.717) is 13.0 Å². The van der Waals surface area contributed by atoms with Gasteiger partial charge in [-0.15, -0.1) is 0 Å². The summed E-state index contributed by atoms with van der Waals surface area (Å²) in [5, 5.41) is 15.0. The van der Waals surface area contributed by atoms with Crippen LogP contribution in [0.1, 0.15) is 32.2 Å². The molecule has 1 saturated heterocycles. The molecule has 5 nitrogen and oxygen atoms in total. The zero-order valence-electron chi connectivity index (χ0n) is 12.9. The van der Waals surface area contributed by atoms with E-state index in [9.17, 15) is 5.11 Å². The maximum atomic E-state index is 10.4. The number of nitrogens with zero attached hydrogens (tertiary/aromatic N) is 3. The molecular weight excluding hydrogens is 254 g/mol. The molecule has 114 valence electrons. The minimum atomic E-state index is -0.462. The highest BCUT2D eigenvalue weighted by atomic mass is 16.5. The molecule has 2 unspecified atom stereocenters. The summed E-state index contributed by atoms with van der Waals surface area (Å²) in [6.07, 6.45) is 0.993. The van der Waals surface area contributed by atoms with Crippen molar-refractivity contribution in [3.63, 3.8) is 0 Å². The number of aryl methyl sites for hydroxylation is 2. The van der Waals surface area contributed by atoms with Crippen molar-refractivity contribution >= 4 is 0 Å². The monoisotopic (exact) mass is 281 g/mol. The molecule has 2 rings (SSSR count). The summed E-state index contributed by atoms with van der Waals surface area (Å²) in [5.74, 6) is 0. The Hall–Kier alpha value is -0.910. The average molecular weight is 281 g/mol. The molecule has 2 atom stereocenters. The molecule has 1 fully saturated rings. The van der Waals surface area contributed by atoms with Crippen molar-refractivity contribution in [1.82, 2.24) is 14.7 Å². The summed E-state index contributed by atoms with van der Waals surface area (Å²) < 4.78 is 7.72. The first-order valence-electron chi connectivity index (χ1n) is 7.75. The zero-order chi connectivity index (χ0) is 14.5. The standard InChI is InChI=1S/C15H27N3O2/c1-4-12-9-13(18(6-3)16-12)10-14(19)15-11-17(5-2)7-8-20-15/h9,14-15,19H,4-8,10-11H2,1-3H3. The Kier molecular flexibility index (Phi) is 5.57. The largest absolute Gasteiger partial charge is 0.390 e. The lowest BCUT2D eigenvalue weighted by molar-refractivity contribution is -0.0871. The van der Waals surface area contributed by atoms with E-state index in [0.717, 1.165) is 44.0 Å². The Labute approximate surface area is 121 Å². The number of rotatable bonds is 6. The van der Waals surface area contributed by atoms with Gasteiger partial charge in [0.05, 0.1) is 24.5 Å². The summed E-state index contributed by atoms with van der Waals surface area (Å²) in [5.41, 5.74) is 2.20. The highest BCUT2D eigenvalue weighted by Gasteiger charge is 2.27. The molecule has 2 heterocycles. The van der Waals surface area contributed by atoms with Crippen LogP contribution in [-0.2, 0) is 24.1 Å². The van der Waals surface area contributed by atoms with Gasteiger partial charge in [0, 0.05) is 31.7 Å². The van der Waals surface area contributed by atoms with Gasteiger partial charge in [-0.05, 0) is 26.0 Å². The van der Waals surface area contributed by atoms with Crippen molar-refractivity contribution in [3.8, 4) is 0 Å². The third-order valence-electron chi connectivity index (χ3n) is 4.05. The predicted octanol–water partition coefficient (Wildman–Crippen LogP) is 1.09. The lowest BCUT2D eigenvalue weighted by Gasteiger charge is -2.34. The summed E-state index contributed by atoms with van der Waals surface area (Å²) in [4.78, 5) is 2.33. The van der Waals surface area contributed by atoms with Gasteiger partial charge < -0.3 is 9.84 Å². The topological polar surface area (TPSA) is 50.5 Å². The summed E-state index contributed by atoms with van der Waals surface area (Å²) in [6, 6.07) is 2.10. The van der Waals surface area contributed by atoms with Gasteiger partial charge in [-0.25, -0.2) is 0 Å². The quantitative estimate of drug-likeness (QED) is 0.848. The highest BCUT2D eigenvalue weighted by Crippen LogP contribution is 2.15. The van der Waals surface area contributed by atoms with Crippen LogP contribution in [-0.4, -0.2) is 58.2 Å². The molecular formula is C15H27N3O2. The Morgan fingerprint density at radius 3 is 2.85 bits per heavy atom. The summed E-state index contributed by atoms with van der Waals surface area (Å²) >= 11 is 0. The van der Waals surface area contributed by atoms with Gasteiger partial charge in [0.25, 0.3) is 0 Å². The van der Waals surface area contributed by atoms with E-state index < -0.39 is 6.10 Å². The number of aliphatic hydroxyl groups is 1. The molecule has 1 N–H and O–H groups in total.